The number of carboxylic acids is 1. The summed E-state index contributed by atoms with van der Waals surface area (Å²) in [5.41, 5.74) is 8.83. The van der Waals surface area contributed by atoms with Gasteiger partial charge in [0.1, 0.15) is 23.4 Å². The third-order valence-electron chi connectivity index (χ3n) is 4.62. The zero-order valence-corrected chi connectivity index (χ0v) is 17.0. The third kappa shape index (κ3) is 4.65. The Kier molecular flexibility index (Phi) is 5.86. The molecular weight excluding hydrogens is 386 g/mol. The van der Waals surface area contributed by atoms with Gasteiger partial charge in [-0.3, -0.25) is 10.2 Å². The van der Waals surface area contributed by atoms with Crippen molar-refractivity contribution in [1.82, 2.24) is 25.3 Å². The Bertz CT molecular complexity index is 1110. The number of aromatic amines is 2. The molecule has 30 heavy (non-hydrogen) atoms. The predicted molar refractivity (Wildman–Crippen MR) is 112 cm³/mol. The summed E-state index contributed by atoms with van der Waals surface area (Å²) in [6.07, 6.45) is 0.280. The maximum atomic E-state index is 12.3. The van der Waals surface area contributed by atoms with Crippen LogP contribution >= 0.6 is 0 Å². The number of amides is 1. The SMILES string of the molecule is Cc1[nH]c(CC(=O)NC(CC(C)C)C(=O)O)nc1-c1nc2ccc(C(=N)N)cc2[nH]1. The average molecular weight is 411 g/mol. The van der Waals surface area contributed by atoms with Crippen LogP contribution in [0.1, 0.15) is 37.4 Å². The summed E-state index contributed by atoms with van der Waals surface area (Å²) in [6, 6.07) is 4.30. The lowest BCUT2D eigenvalue weighted by atomic mass is 10.0. The van der Waals surface area contributed by atoms with E-state index < -0.39 is 17.9 Å². The smallest absolute Gasteiger partial charge is 0.326 e. The molecule has 2 aromatic heterocycles. The van der Waals surface area contributed by atoms with E-state index in [1.165, 1.54) is 0 Å². The van der Waals surface area contributed by atoms with Gasteiger partial charge in [-0.1, -0.05) is 13.8 Å². The maximum Gasteiger partial charge on any atom is 0.326 e. The molecule has 0 saturated heterocycles. The van der Waals surface area contributed by atoms with E-state index in [0.717, 1.165) is 11.2 Å². The van der Waals surface area contributed by atoms with Crippen LogP contribution in [0.25, 0.3) is 22.6 Å². The Morgan fingerprint density at radius 1 is 1.27 bits per heavy atom. The lowest BCUT2D eigenvalue weighted by molar-refractivity contribution is -0.142. The second-order valence-electron chi connectivity index (χ2n) is 7.65. The monoisotopic (exact) mass is 411 g/mol. The Morgan fingerprint density at radius 3 is 2.63 bits per heavy atom. The van der Waals surface area contributed by atoms with Crippen molar-refractivity contribution in [3.63, 3.8) is 0 Å². The van der Waals surface area contributed by atoms with Gasteiger partial charge in [0.2, 0.25) is 5.91 Å². The number of carboxylic acid groups (broad SMARTS) is 1. The number of benzene rings is 1. The summed E-state index contributed by atoms with van der Waals surface area (Å²) >= 11 is 0. The summed E-state index contributed by atoms with van der Waals surface area (Å²) in [7, 11) is 0. The van der Waals surface area contributed by atoms with Crippen LogP contribution in [0.3, 0.4) is 0 Å². The van der Waals surface area contributed by atoms with Gasteiger partial charge in [0.25, 0.3) is 0 Å². The number of aromatic nitrogens is 4. The van der Waals surface area contributed by atoms with Crippen molar-refractivity contribution in [2.75, 3.05) is 0 Å². The van der Waals surface area contributed by atoms with Crippen molar-refractivity contribution in [2.45, 2.75) is 39.7 Å². The third-order valence-corrected chi connectivity index (χ3v) is 4.62. The average Bonchev–Trinajstić information content (AvgIpc) is 3.22. The number of nitrogens with zero attached hydrogens (tertiary/aromatic N) is 2. The largest absolute Gasteiger partial charge is 0.480 e. The molecule has 0 aliphatic carbocycles. The predicted octanol–water partition coefficient (Wildman–Crippen LogP) is 1.70. The van der Waals surface area contributed by atoms with E-state index in [9.17, 15) is 14.7 Å². The molecule has 7 N–H and O–H groups in total. The molecule has 0 saturated carbocycles. The van der Waals surface area contributed by atoms with Crippen LogP contribution in [0.5, 0.6) is 0 Å². The second kappa shape index (κ2) is 8.36. The summed E-state index contributed by atoms with van der Waals surface area (Å²) in [4.78, 5) is 38.9. The first-order chi connectivity index (χ1) is 14.1. The number of aryl methyl sites for hydroxylation is 1. The molecule has 3 rings (SSSR count). The van der Waals surface area contributed by atoms with Crippen molar-refractivity contribution in [2.24, 2.45) is 11.7 Å². The first kappa shape index (κ1) is 21.0. The van der Waals surface area contributed by atoms with Gasteiger partial charge in [-0.25, -0.2) is 14.8 Å². The number of nitrogens with one attached hydrogen (secondary N) is 4. The fourth-order valence-electron chi connectivity index (χ4n) is 3.22. The highest BCUT2D eigenvalue weighted by Crippen LogP contribution is 2.23. The van der Waals surface area contributed by atoms with Crippen LogP contribution in [0.2, 0.25) is 0 Å². The highest BCUT2D eigenvalue weighted by atomic mass is 16.4. The lowest BCUT2D eigenvalue weighted by Gasteiger charge is -2.16. The lowest BCUT2D eigenvalue weighted by Crippen LogP contribution is -2.42. The number of carbonyl (C=O) groups is 2. The van der Waals surface area contributed by atoms with E-state index >= 15 is 0 Å². The minimum absolute atomic E-state index is 0.0329. The molecule has 0 fully saturated rings. The summed E-state index contributed by atoms with van der Waals surface area (Å²) in [6.45, 7) is 5.62. The molecule has 1 unspecified atom stereocenters. The number of rotatable bonds is 8. The van der Waals surface area contributed by atoms with Crippen LogP contribution < -0.4 is 11.1 Å². The van der Waals surface area contributed by atoms with Crippen molar-refractivity contribution >= 4 is 28.7 Å². The topological polar surface area (TPSA) is 174 Å². The van der Waals surface area contributed by atoms with Crippen molar-refractivity contribution in [3.8, 4) is 11.5 Å². The Morgan fingerprint density at radius 2 is 2.00 bits per heavy atom. The first-order valence-electron chi connectivity index (χ1n) is 9.56. The van der Waals surface area contributed by atoms with E-state index in [4.69, 9.17) is 11.1 Å². The Hall–Kier alpha value is -3.69. The molecule has 1 amide bonds. The number of aliphatic carboxylic acids is 1. The minimum atomic E-state index is -1.06. The molecule has 0 spiro atoms. The van der Waals surface area contributed by atoms with Crippen LogP contribution in [0.15, 0.2) is 18.2 Å². The highest BCUT2D eigenvalue weighted by Gasteiger charge is 2.22. The molecule has 0 aliphatic rings. The van der Waals surface area contributed by atoms with Crippen molar-refractivity contribution in [3.05, 3.63) is 35.3 Å². The fraction of sp³-hybridized carbons (Fsp3) is 0.350. The standard InChI is InChI=1S/C20H25N7O3/c1-9(2)6-14(20(29)30)24-16(28)8-15-23-10(3)17(27-15)19-25-12-5-4-11(18(21)22)7-13(12)26-19/h4-5,7,9,14H,6,8H2,1-3H3,(H3,21,22)(H,23,27)(H,24,28)(H,25,26)(H,29,30). The van der Waals surface area contributed by atoms with Crippen LogP contribution in [-0.4, -0.2) is 48.8 Å². The van der Waals surface area contributed by atoms with Gasteiger partial charge in [-0.05, 0) is 37.5 Å². The van der Waals surface area contributed by atoms with E-state index in [0.29, 0.717) is 34.8 Å². The highest BCUT2D eigenvalue weighted by molar-refractivity contribution is 5.98. The zero-order valence-electron chi connectivity index (χ0n) is 17.0. The molecule has 3 aromatic rings. The van der Waals surface area contributed by atoms with Crippen molar-refractivity contribution < 1.29 is 14.7 Å². The summed E-state index contributed by atoms with van der Waals surface area (Å²) in [5.74, 6) is -0.428. The molecular formula is C20H25N7O3. The first-order valence-corrected chi connectivity index (χ1v) is 9.56. The number of amidine groups is 1. The van der Waals surface area contributed by atoms with Gasteiger partial charge in [-0.2, -0.15) is 0 Å². The number of carbonyl (C=O) groups excluding carboxylic acids is 1. The number of nitrogens with two attached hydrogens (primary N) is 1. The molecule has 10 heteroatoms. The molecule has 10 nitrogen and oxygen atoms in total. The molecule has 1 atom stereocenters. The summed E-state index contributed by atoms with van der Waals surface area (Å²) < 4.78 is 0. The number of fused-ring (bicyclic) bond motifs is 1. The fourth-order valence-corrected chi connectivity index (χ4v) is 3.22. The summed E-state index contributed by atoms with van der Waals surface area (Å²) in [5, 5.41) is 19.4. The normalized spacial score (nSPS) is 12.3. The van der Waals surface area contributed by atoms with E-state index in [-0.39, 0.29) is 18.2 Å². The molecule has 158 valence electrons. The van der Waals surface area contributed by atoms with Gasteiger partial charge in [0.15, 0.2) is 5.82 Å². The number of H-pyrrole nitrogens is 2. The number of hydrogen-bond donors (Lipinski definition) is 6. The van der Waals surface area contributed by atoms with E-state index in [2.05, 4.69) is 25.3 Å². The quantitative estimate of drug-likeness (QED) is 0.243. The van der Waals surface area contributed by atoms with Crippen molar-refractivity contribution in [1.29, 1.82) is 5.41 Å². The Labute approximate surface area is 172 Å². The molecule has 0 radical (unpaired) electrons. The minimum Gasteiger partial charge on any atom is -0.480 e. The van der Waals surface area contributed by atoms with E-state index in [1.807, 2.05) is 20.8 Å². The number of imidazole rings is 2. The van der Waals surface area contributed by atoms with Gasteiger partial charge < -0.3 is 26.1 Å². The van der Waals surface area contributed by atoms with Gasteiger partial charge in [0.05, 0.1) is 17.5 Å². The van der Waals surface area contributed by atoms with Crippen LogP contribution in [-0.2, 0) is 16.0 Å². The van der Waals surface area contributed by atoms with Gasteiger partial charge >= 0.3 is 5.97 Å². The second-order valence-corrected chi connectivity index (χ2v) is 7.65. The number of nitrogen functional groups attached to an aromatic ring is 1. The zero-order chi connectivity index (χ0) is 22.0. The Balaban J connectivity index is 1.78. The van der Waals surface area contributed by atoms with Crippen LogP contribution in [0, 0.1) is 18.3 Å². The number of hydrogen-bond acceptors (Lipinski definition) is 5. The van der Waals surface area contributed by atoms with Crippen LogP contribution in [0.4, 0.5) is 0 Å². The molecule has 1 aromatic carbocycles. The maximum absolute atomic E-state index is 12.3. The van der Waals surface area contributed by atoms with Gasteiger partial charge in [0, 0.05) is 11.3 Å². The molecule has 0 aliphatic heterocycles. The van der Waals surface area contributed by atoms with Gasteiger partial charge in [-0.15, -0.1) is 0 Å². The van der Waals surface area contributed by atoms with E-state index in [1.54, 1.807) is 18.2 Å². The molecule has 0 bridgehead atoms. The molecule has 2 heterocycles.